The number of carbonyl (C=O) groups is 1. The number of aromatic nitrogens is 4. The Labute approximate surface area is 162 Å². The minimum atomic E-state index is -0.0961. The minimum Gasteiger partial charge on any atom is -0.472 e. The molecule has 0 aromatic carbocycles. The minimum absolute atomic E-state index is 0.0961. The normalized spacial score (nSPS) is 14.0. The van der Waals surface area contributed by atoms with Crippen LogP contribution in [0.3, 0.4) is 0 Å². The maximum Gasteiger partial charge on any atom is 0.274 e. The van der Waals surface area contributed by atoms with Crippen molar-refractivity contribution >= 4 is 5.91 Å². The summed E-state index contributed by atoms with van der Waals surface area (Å²) in [4.78, 5) is 18.3. The van der Waals surface area contributed by atoms with E-state index >= 15 is 0 Å². The lowest BCUT2D eigenvalue weighted by atomic mass is 10.0. The van der Waals surface area contributed by atoms with E-state index in [1.807, 2.05) is 26.0 Å². The highest BCUT2D eigenvalue weighted by atomic mass is 16.5. The van der Waals surface area contributed by atoms with Crippen LogP contribution >= 0.6 is 0 Å². The summed E-state index contributed by atoms with van der Waals surface area (Å²) in [5, 5.41) is 12.1. The molecule has 0 spiro atoms. The third kappa shape index (κ3) is 3.58. The smallest absolute Gasteiger partial charge is 0.274 e. The highest BCUT2D eigenvalue weighted by Crippen LogP contribution is 2.26. The number of hydrogen-bond donors (Lipinski definition) is 0. The number of hydrogen-bond acceptors (Lipinski definition) is 7. The molecule has 1 fully saturated rings. The van der Waals surface area contributed by atoms with Gasteiger partial charge >= 0.3 is 0 Å². The van der Waals surface area contributed by atoms with Crippen LogP contribution in [0.5, 0.6) is 5.88 Å². The lowest BCUT2D eigenvalue weighted by Gasteiger charge is -2.36. The molecule has 144 valence electrons. The van der Waals surface area contributed by atoms with Gasteiger partial charge in [0.2, 0.25) is 5.88 Å². The van der Waals surface area contributed by atoms with E-state index in [9.17, 15) is 4.79 Å². The number of nitrogens with zero attached hydrogens (tertiary/aromatic N) is 5. The highest BCUT2D eigenvalue weighted by molar-refractivity contribution is 5.92. The average molecular weight is 379 g/mol. The monoisotopic (exact) mass is 379 g/mol. The Kier molecular flexibility index (Phi) is 4.77. The first kappa shape index (κ1) is 18.1. The van der Waals surface area contributed by atoms with Gasteiger partial charge in [-0.3, -0.25) is 9.78 Å². The Balaban J connectivity index is 1.44. The molecule has 0 atom stereocenters. The number of rotatable bonds is 5. The molecule has 0 N–H and O–H groups in total. The fourth-order valence-electron chi connectivity index (χ4n) is 3.08. The van der Waals surface area contributed by atoms with E-state index < -0.39 is 0 Å². The molecule has 3 aromatic heterocycles. The van der Waals surface area contributed by atoms with Gasteiger partial charge in [-0.2, -0.15) is 0 Å². The molecule has 28 heavy (non-hydrogen) atoms. The number of aryl methyl sites for hydroxylation is 2. The van der Waals surface area contributed by atoms with Crippen LogP contribution in [0.15, 0.2) is 35.0 Å². The maximum absolute atomic E-state index is 12.3. The Morgan fingerprint density at radius 2 is 2.04 bits per heavy atom. The molecule has 0 bridgehead atoms. The van der Waals surface area contributed by atoms with Gasteiger partial charge < -0.3 is 14.2 Å². The predicted molar refractivity (Wildman–Crippen MR) is 101 cm³/mol. The molecule has 0 unspecified atom stereocenters. The SMILES string of the molecule is Cc1ccc(-c2noc(C)c2COc2ccc(C(=O)N3CC(C)C3)nn2)cn1. The van der Waals surface area contributed by atoms with Gasteiger partial charge in [0.1, 0.15) is 18.1 Å². The van der Waals surface area contributed by atoms with Crippen molar-refractivity contribution in [1.29, 1.82) is 0 Å². The van der Waals surface area contributed by atoms with E-state index in [1.165, 1.54) is 0 Å². The van der Waals surface area contributed by atoms with Gasteiger partial charge in [-0.1, -0.05) is 12.1 Å². The van der Waals surface area contributed by atoms with Crippen molar-refractivity contribution in [3.8, 4) is 17.1 Å². The molecule has 0 aliphatic carbocycles. The highest BCUT2D eigenvalue weighted by Gasteiger charge is 2.28. The molecule has 0 radical (unpaired) electrons. The fourth-order valence-corrected chi connectivity index (χ4v) is 3.08. The first-order valence-corrected chi connectivity index (χ1v) is 9.15. The summed E-state index contributed by atoms with van der Waals surface area (Å²) in [6.45, 7) is 7.63. The van der Waals surface area contributed by atoms with Gasteiger partial charge in [-0.25, -0.2) is 0 Å². The molecule has 4 rings (SSSR count). The maximum atomic E-state index is 12.3. The first-order chi connectivity index (χ1) is 13.5. The number of pyridine rings is 1. The van der Waals surface area contributed by atoms with E-state index in [2.05, 4.69) is 27.3 Å². The molecule has 0 saturated carbocycles. The van der Waals surface area contributed by atoms with Crippen LogP contribution in [-0.4, -0.2) is 44.2 Å². The molecular formula is C20H21N5O3. The van der Waals surface area contributed by atoms with Crippen LogP contribution in [0.2, 0.25) is 0 Å². The van der Waals surface area contributed by atoms with Crippen molar-refractivity contribution in [2.24, 2.45) is 5.92 Å². The van der Waals surface area contributed by atoms with Gasteiger partial charge in [0.25, 0.3) is 5.91 Å². The Hall–Kier alpha value is -3.29. The van der Waals surface area contributed by atoms with Crippen LogP contribution in [0.1, 0.15) is 34.4 Å². The zero-order valence-electron chi connectivity index (χ0n) is 16.0. The van der Waals surface area contributed by atoms with E-state index in [0.717, 1.165) is 29.9 Å². The second-order valence-corrected chi connectivity index (χ2v) is 7.11. The number of amides is 1. The number of ether oxygens (including phenoxy) is 1. The van der Waals surface area contributed by atoms with Crippen molar-refractivity contribution in [3.05, 3.63) is 53.2 Å². The Morgan fingerprint density at radius 3 is 2.68 bits per heavy atom. The third-order valence-electron chi connectivity index (χ3n) is 4.74. The zero-order chi connectivity index (χ0) is 19.7. The molecule has 3 aromatic rings. The molecule has 1 amide bonds. The third-order valence-corrected chi connectivity index (χ3v) is 4.74. The van der Waals surface area contributed by atoms with Crippen LogP contribution in [0.25, 0.3) is 11.3 Å². The van der Waals surface area contributed by atoms with Crippen LogP contribution in [-0.2, 0) is 6.61 Å². The molecule has 1 aliphatic rings. The molecule has 8 heteroatoms. The molecule has 1 saturated heterocycles. The van der Waals surface area contributed by atoms with Crippen molar-refractivity contribution in [2.75, 3.05) is 13.1 Å². The van der Waals surface area contributed by atoms with Gasteiger partial charge in [0, 0.05) is 36.6 Å². The molecule has 1 aliphatic heterocycles. The number of likely N-dealkylation sites (tertiary alicyclic amines) is 1. The van der Waals surface area contributed by atoms with Crippen LogP contribution in [0, 0.1) is 19.8 Å². The molecule has 8 nitrogen and oxygen atoms in total. The Bertz CT molecular complexity index is 976. The Morgan fingerprint density at radius 1 is 1.21 bits per heavy atom. The summed E-state index contributed by atoms with van der Waals surface area (Å²) in [7, 11) is 0. The van der Waals surface area contributed by atoms with Gasteiger partial charge in [0.15, 0.2) is 5.69 Å². The van der Waals surface area contributed by atoms with Crippen molar-refractivity contribution in [2.45, 2.75) is 27.4 Å². The fraction of sp³-hybridized carbons (Fsp3) is 0.350. The largest absolute Gasteiger partial charge is 0.472 e. The first-order valence-electron chi connectivity index (χ1n) is 9.15. The second kappa shape index (κ2) is 7.38. The standard InChI is InChI=1S/C20H21N5O3/c1-12-9-25(10-12)20(26)17-6-7-18(23-22-17)27-11-16-14(3)28-24-19(16)15-5-4-13(2)21-8-15/h4-8,12H,9-11H2,1-3H3. The summed E-state index contributed by atoms with van der Waals surface area (Å²) in [5.74, 6) is 1.45. The lowest BCUT2D eigenvalue weighted by Crippen LogP contribution is -2.48. The van der Waals surface area contributed by atoms with E-state index in [0.29, 0.717) is 28.9 Å². The quantitative estimate of drug-likeness (QED) is 0.673. The second-order valence-electron chi connectivity index (χ2n) is 7.11. The van der Waals surface area contributed by atoms with Gasteiger partial charge in [-0.15, -0.1) is 10.2 Å². The summed E-state index contributed by atoms with van der Waals surface area (Å²) < 4.78 is 11.1. The lowest BCUT2D eigenvalue weighted by molar-refractivity contribution is 0.0522. The van der Waals surface area contributed by atoms with E-state index in [-0.39, 0.29) is 12.5 Å². The summed E-state index contributed by atoms with van der Waals surface area (Å²) in [5.41, 5.74) is 3.63. The van der Waals surface area contributed by atoms with Crippen molar-refractivity contribution in [3.63, 3.8) is 0 Å². The van der Waals surface area contributed by atoms with Crippen LogP contribution in [0.4, 0.5) is 0 Å². The molecule has 4 heterocycles. The van der Waals surface area contributed by atoms with Crippen molar-refractivity contribution in [1.82, 2.24) is 25.2 Å². The van der Waals surface area contributed by atoms with Gasteiger partial charge in [0.05, 0.1) is 5.56 Å². The summed E-state index contributed by atoms with van der Waals surface area (Å²) in [6.07, 6.45) is 1.76. The van der Waals surface area contributed by atoms with Crippen LogP contribution < -0.4 is 4.74 Å². The van der Waals surface area contributed by atoms with E-state index in [4.69, 9.17) is 9.26 Å². The molecular weight excluding hydrogens is 358 g/mol. The summed E-state index contributed by atoms with van der Waals surface area (Å²) in [6, 6.07) is 7.16. The summed E-state index contributed by atoms with van der Waals surface area (Å²) >= 11 is 0. The van der Waals surface area contributed by atoms with Gasteiger partial charge in [-0.05, 0) is 38.0 Å². The topological polar surface area (TPSA) is 94.2 Å². The average Bonchev–Trinajstić information content (AvgIpc) is 3.05. The van der Waals surface area contributed by atoms with Crippen molar-refractivity contribution < 1.29 is 14.1 Å². The van der Waals surface area contributed by atoms with E-state index in [1.54, 1.807) is 23.2 Å². The number of carbonyl (C=O) groups excluding carboxylic acids is 1. The zero-order valence-corrected chi connectivity index (χ0v) is 16.0. The predicted octanol–water partition coefficient (Wildman–Crippen LogP) is 2.81.